The Bertz CT molecular complexity index is 753. The van der Waals surface area contributed by atoms with Crippen molar-refractivity contribution in [3.63, 3.8) is 0 Å². The van der Waals surface area contributed by atoms with Crippen LogP contribution in [0.5, 0.6) is 0 Å². The minimum absolute atomic E-state index is 0.106. The van der Waals surface area contributed by atoms with Gasteiger partial charge in [0.2, 0.25) is 0 Å². The van der Waals surface area contributed by atoms with E-state index in [9.17, 15) is 14.7 Å². The third kappa shape index (κ3) is 4.48. The van der Waals surface area contributed by atoms with Crippen molar-refractivity contribution in [1.29, 1.82) is 0 Å². The molecule has 2 aliphatic rings. The molecule has 0 atom stereocenters. The molecule has 2 amide bonds. The van der Waals surface area contributed by atoms with E-state index >= 15 is 0 Å². The molecule has 1 aromatic carbocycles. The van der Waals surface area contributed by atoms with Crippen LogP contribution in [0.2, 0.25) is 0 Å². The molecule has 1 aliphatic heterocycles. The number of hydrogen-bond donors (Lipinski definition) is 1. The Morgan fingerprint density at radius 1 is 0.786 bits per heavy atom. The average Bonchev–Trinajstić information content (AvgIpc) is 2.88. The maximum Gasteiger partial charge on any atom is 0.296 e. The van der Waals surface area contributed by atoms with Gasteiger partial charge in [0, 0.05) is 6.04 Å². The van der Waals surface area contributed by atoms with Gasteiger partial charge in [0.15, 0.2) is 5.76 Å². The lowest BCUT2D eigenvalue weighted by Crippen LogP contribution is -2.41. The zero-order valence-electron chi connectivity index (χ0n) is 17.3. The Morgan fingerprint density at radius 3 is 1.86 bits per heavy atom. The Balaban J connectivity index is 1.80. The number of amides is 2. The molecule has 28 heavy (non-hydrogen) atoms. The predicted octanol–water partition coefficient (Wildman–Crippen LogP) is 5.61. The van der Waals surface area contributed by atoms with Crippen molar-refractivity contribution in [2.75, 3.05) is 0 Å². The van der Waals surface area contributed by atoms with Crippen molar-refractivity contribution in [3.05, 3.63) is 40.6 Å². The van der Waals surface area contributed by atoms with Gasteiger partial charge in [0.1, 0.15) is 0 Å². The van der Waals surface area contributed by atoms with Crippen molar-refractivity contribution in [2.24, 2.45) is 0 Å². The summed E-state index contributed by atoms with van der Waals surface area (Å²) in [4.78, 5) is 27.4. The van der Waals surface area contributed by atoms with Crippen LogP contribution in [0.25, 0.3) is 5.57 Å². The van der Waals surface area contributed by atoms with E-state index in [1.807, 2.05) is 32.0 Å². The van der Waals surface area contributed by atoms with Crippen molar-refractivity contribution in [2.45, 2.75) is 90.5 Å². The van der Waals surface area contributed by atoms with Crippen LogP contribution in [-0.4, -0.2) is 27.9 Å². The molecule has 4 heteroatoms. The highest BCUT2D eigenvalue weighted by molar-refractivity contribution is 6.35. The maximum atomic E-state index is 13.2. The molecule has 0 unspecified atom stereocenters. The van der Waals surface area contributed by atoms with Crippen LogP contribution in [0.15, 0.2) is 24.0 Å². The van der Waals surface area contributed by atoms with E-state index in [1.165, 1.54) is 37.0 Å². The van der Waals surface area contributed by atoms with Crippen molar-refractivity contribution < 1.29 is 14.7 Å². The largest absolute Gasteiger partial charge is 0.502 e. The number of aliphatic hydroxyl groups excluding tert-OH is 1. The van der Waals surface area contributed by atoms with Gasteiger partial charge in [-0.05, 0) is 43.4 Å². The molecule has 1 fully saturated rings. The summed E-state index contributed by atoms with van der Waals surface area (Å²) in [5.74, 6) is -1.24. The van der Waals surface area contributed by atoms with Gasteiger partial charge in [0.05, 0.1) is 5.57 Å². The number of nitrogens with zero attached hydrogens (tertiary/aromatic N) is 1. The van der Waals surface area contributed by atoms with E-state index in [1.54, 1.807) is 0 Å². The van der Waals surface area contributed by atoms with Crippen LogP contribution in [0, 0.1) is 13.8 Å². The lowest BCUT2D eigenvalue weighted by Gasteiger charge is -2.27. The molecule has 1 aromatic rings. The van der Waals surface area contributed by atoms with Crippen LogP contribution in [0.1, 0.15) is 87.3 Å². The fourth-order valence-corrected chi connectivity index (χ4v) is 4.42. The highest BCUT2D eigenvalue weighted by atomic mass is 16.3. The van der Waals surface area contributed by atoms with E-state index in [2.05, 4.69) is 0 Å². The van der Waals surface area contributed by atoms with Gasteiger partial charge in [-0.3, -0.25) is 14.5 Å². The minimum atomic E-state index is -0.518. The summed E-state index contributed by atoms with van der Waals surface area (Å²) < 4.78 is 0. The molecule has 3 rings (SSSR count). The number of hydrogen-bond acceptors (Lipinski definition) is 3. The number of imide groups is 1. The molecule has 1 N–H and O–H groups in total. The number of aryl methyl sites for hydroxylation is 2. The first-order valence-electron chi connectivity index (χ1n) is 10.9. The van der Waals surface area contributed by atoms with Gasteiger partial charge in [0.25, 0.3) is 11.8 Å². The van der Waals surface area contributed by atoms with Crippen LogP contribution < -0.4 is 0 Å². The van der Waals surface area contributed by atoms with E-state index in [4.69, 9.17) is 0 Å². The summed E-state index contributed by atoms with van der Waals surface area (Å²) in [6, 6.07) is 5.53. The Labute approximate surface area is 168 Å². The second-order valence-corrected chi connectivity index (χ2v) is 8.42. The first-order chi connectivity index (χ1) is 13.5. The first-order valence-corrected chi connectivity index (χ1v) is 10.9. The second-order valence-electron chi connectivity index (χ2n) is 8.42. The zero-order chi connectivity index (χ0) is 20.1. The fraction of sp³-hybridized carbons (Fsp3) is 0.583. The van der Waals surface area contributed by atoms with Gasteiger partial charge in [-0.25, -0.2) is 0 Å². The third-order valence-electron chi connectivity index (χ3n) is 6.33. The normalized spacial score (nSPS) is 21.0. The zero-order valence-corrected chi connectivity index (χ0v) is 17.3. The summed E-state index contributed by atoms with van der Waals surface area (Å²) in [6.07, 6.45) is 12.4. The second kappa shape index (κ2) is 9.40. The molecule has 0 aromatic heterocycles. The SMILES string of the molecule is Cc1ccc(C2=C(O)C(=O)N(C3CCCCCCCCCCC3)C2=O)cc1C. The molecule has 4 nitrogen and oxygen atoms in total. The number of benzene rings is 1. The molecule has 0 bridgehead atoms. The monoisotopic (exact) mass is 383 g/mol. The predicted molar refractivity (Wildman–Crippen MR) is 112 cm³/mol. The lowest BCUT2D eigenvalue weighted by molar-refractivity contribution is -0.141. The molecule has 1 heterocycles. The highest BCUT2D eigenvalue weighted by Gasteiger charge is 2.42. The van der Waals surface area contributed by atoms with E-state index < -0.39 is 5.91 Å². The Hall–Kier alpha value is -2.10. The molecular weight excluding hydrogens is 350 g/mol. The number of carbonyl (C=O) groups excluding carboxylic acids is 2. The van der Waals surface area contributed by atoms with Gasteiger partial charge in [-0.15, -0.1) is 0 Å². The fourth-order valence-electron chi connectivity index (χ4n) is 4.42. The van der Waals surface area contributed by atoms with Gasteiger partial charge >= 0.3 is 0 Å². The van der Waals surface area contributed by atoms with Crippen LogP contribution in [-0.2, 0) is 9.59 Å². The van der Waals surface area contributed by atoms with Crippen LogP contribution >= 0.6 is 0 Å². The molecular formula is C24H33NO3. The quantitative estimate of drug-likeness (QED) is 0.675. The third-order valence-corrected chi connectivity index (χ3v) is 6.33. The minimum Gasteiger partial charge on any atom is -0.502 e. The summed E-state index contributed by atoms with van der Waals surface area (Å²) in [7, 11) is 0. The molecule has 152 valence electrons. The van der Waals surface area contributed by atoms with Gasteiger partial charge in [-0.1, -0.05) is 76.0 Å². The molecule has 0 saturated heterocycles. The first kappa shape index (κ1) is 20.6. The average molecular weight is 384 g/mol. The summed E-state index contributed by atoms with van der Waals surface area (Å²) in [5, 5.41) is 10.5. The standard InChI is InChI=1S/C24H33NO3/c1-17-14-15-19(16-18(17)2)21-22(26)24(28)25(23(21)27)20-12-10-8-6-4-3-5-7-9-11-13-20/h14-16,20,26H,3-13H2,1-2H3. The van der Waals surface area contributed by atoms with Crippen LogP contribution in [0.3, 0.4) is 0 Å². The van der Waals surface area contributed by atoms with Crippen molar-refractivity contribution in [3.8, 4) is 0 Å². The summed E-state index contributed by atoms with van der Waals surface area (Å²) in [5.41, 5.74) is 2.97. The van der Waals surface area contributed by atoms with E-state index in [0.717, 1.165) is 49.7 Å². The van der Waals surface area contributed by atoms with Gasteiger partial charge < -0.3 is 5.11 Å². The molecule has 1 aliphatic carbocycles. The topological polar surface area (TPSA) is 57.6 Å². The van der Waals surface area contributed by atoms with E-state index in [-0.39, 0.29) is 23.3 Å². The number of carbonyl (C=O) groups is 2. The smallest absolute Gasteiger partial charge is 0.296 e. The molecule has 1 saturated carbocycles. The summed E-state index contributed by atoms with van der Waals surface area (Å²) in [6.45, 7) is 3.98. The molecule has 0 spiro atoms. The van der Waals surface area contributed by atoms with Crippen LogP contribution in [0.4, 0.5) is 0 Å². The lowest BCUT2D eigenvalue weighted by atomic mass is 9.96. The van der Waals surface area contributed by atoms with E-state index in [0.29, 0.717) is 5.56 Å². The van der Waals surface area contributed by atoms with Gasteiger partial charge in [-0.2, -0.15) is 0 Å². The Kier molecular flexibility index (Phi) is 6.93. The maximum absolute atomic E-state index is 13.2. The summed E-state index contributed by atoms with van der Waals surface area (Å²) >= 11 is 0. The molecule has 0 radical (unpaired) electrons. The number of aliphatic hydroxyl groups is 1. The number of rotatable bonds is 2. The Morgan fingerprint density at radius 2 is 1.32 bits per heavy atom. The van der Waals surface area contributed by atoms with Crippen molar-refractivity contribution in [1.82, 2.24) is 4.90 Å². The van der Waals surface area contributed by atoms with Crippen molar-refractivity contribution >= 4 is 17.4 Å². The highest BCUT2D eigenvalue weighted by Crippen LogP contribution is 2.33.